The SMILES string of the molecule is CCS(=O)(=O)NCCC1CN(Cc2cccnc2OC)Cc2ccnn21. The summed E-state index contributed by atoms with van der Waals surface area (Å²) in [6.45, 7) is 4.34. The minimum absolute atomic E-state index is 0.0949. The van der Waals surface area contributed by atoms with E-state index in [0.29, 0.717) is 18.8 Å². The number of nitrogens with one attached hydrogen (secondary N) is 1. The molecule has 0 bridgehead atoms. The summed E-state index contributed by atoms with van der Waals surface area (Å²) in [6.07, 6.45) is 4.21. The third kappa shape index (κ3) is 4.40. The van der Waals surface area contributed by atoms with Gasteiger partial charge in [-0.25, -0.2) is 18.1 Å². The predicted octanol–water partition coefficient (Wildman–Crippen LogP) is 1.17. The van der Waals surface area contributed by atoms with Gasteiger partial charge in [0.15, 0.2) is 0 Å². The summed E-state index contributed by atoms with van der Waals surface area (Å²) in [4.78, 5) is 6.57. The average molecular weight is 379 g/mol. The standard InChI is InChI=1S/C17H25N5O3S/c1-3-26(23,24)20-10-7-16-13-21(12-15-6-9-19-22(15)16)11-14-5-4-8-18-17(14)25-2/h4-6,8-9,16,20H,3,7,10-13H2,1-2H3. The van der Waals surface area contributed by atoms with E-state index in [0.717, 1.165) is 30.9 Å². The summed E-state index contributed by atoms with van der Waals surface area (Å²) in [5.41, 5.74) is 2.16. The number of hydrogen-bond donors (Lipinski definition) is 1. The van der Waals surface area contributed by atoms with E-state index in [-0.39, 0.29) is 11.8 Å². The van der Waals surface area contributed by atoms with Crippen LogP contribution < -0.4 is 9.46 Å². The van der Waals surface area contributed by atoms with Crippen molar-refractivity contribution >= 4 is 10.0 Å². The molecule has 1 unspecified atom stereocenters. The monoisotopic (exact) mass is 379 g/mol. The molecule has 142 valence electrons. The molecule has 1 N–H and O–H groups in total. The first-order chi connectivity index (χ1) is 12.5. The fourth-order valence-corrected chi connectivity index (χ4v) is 3.88. The fourth-order valence-electron chi connectivity index (χ4n) is 3.25. The number of hydrogen-bond acceptors (Lipinski definition) is 6. The molecule has 0 aliphatic carbocycles. The Morgan fingerprint density at radius 2 is 2.19 bits per heavy atom. The van der Waals surface area contributed by atoms with Crippen molar-refractivity contribution in [2.75, 3.05) is 26.0 Å². The highest BCUT2D eigenvalue weighted by molar-refractivity contribution is 7.89. The predicted molar refractivity (Wildman–Crippen MR) is 98.2 cm³/mol. The summed E-state index contributed by atoms with van der Waals surface area (Å²) < 4.78 is 33.3. The Morgan fingerprint density at radius 3 is 2.96 bits per heavy atom. The molecular formula is C17H25N5O3S. The van der Waals surface area contributed by atoms with Crippen molar-refractivity contribution in [1.29, 1.82) is 0 Å². The topological polar surface area (TPSA) is 89.3 Å². The van der Waals surface area contributed by atoms with E-state index in [1.807, 2.05) is 22.9 Å². The minimum atomic E-state index is -3.17. The number of rotatable bonds is 8. The molecule has 1 aliphatic heterocycles. The number of fused-ring (bicyclic) bond motifs is 1. The van der Waals surface area contributed by atoms with Crippen LogP contribution in [0.4, 0.5) is 0 Å². The lowest BCUT2D eigenvalue weighted by Gasteiger charge is -2.34. The van der Waals surface area contributed by atoms with Gasteiger partial charge in [0, 0.05) is 44.1 Å². The first kappa shape index (κ1) is 18.8. The Bertz CT molecular complexity index is 836. The summed E-state index contributed by atoms with van der Waals surface area (Å²) >= 11 is 0. The third-order valence-corrected chi connectivity index (χ3v) is 5.97. The molecular weight excluding hydrogens is 354 g/mol. The van der Waals surface area contributed by atoms with E-state index in [1.54, 1.807) is 26.4 Å². The van der Waals surface area contributed by atoms with E-state index >= 15 is 0 Å². The Balaban J connectivity index is 1.69. The number of pyridine rings is 1. The Morgan fingerprint density at radius 1 is 1.35 bits per heavy atom. The second kappa shape index (κ2) is 8.15. The zero-order valence-corrected chi connectivity index (χ0v) is 15.9. The smallest absolute Gasteiger partial charge is 0.217 e. The first-order valence-corrected chi connectivity index (χ1v) is 10.4. The van der Waals surface area contributed by atoms with E-state index in [1.165, 1.54) is 0 Å². The minimum Gasteiger partial charge on any atom is -0.481 e. The molecule has 3 rings (SSSR count). The zero-order valence-electron chi connectivity index (χ0n) is 15.1. The van der Waals surface area contributed by atoms with Crippen LogP contribution in [0.3, 0.4) is 0 Å². The molecule has 2 aromatic rings. The first-order valence-electron chi connectivity index (χ1n) is 8.72. The van der Waals surface area contributed by atoms with Gasteiger partial charge < -0.3 is 4.74 Å². The van der Waals surface area contributed by atoms with E-state index < -0.39 is 10.0 Å². The van der Waals surface area contributed by atoms with Crippen molar-refractivity contribution in [3.8, 4) is 5.88 Å². The zero-order chi connectivity index (χ0) is 18.6. The lowest BCUT2D eigenvalue weighted by Crippen LogP contribution is -2.39. The summed E-state index contributed by atoms with van der Waals surface area (Å²) in [6, 6.07) is 6.05. The van der Waals surface area contributed by atoms with Crippen molar-refractivity contribution in [3.63, 3.8) is 0 Å². The van der Waals surface area contributed by atoms with Crippen molar-refractivity contribution in [2.45, 2.75) is 32.5 Å². The molecule has 1 atom stereocenters. The van der Waals surface area contributed by atoms with E-state index in [4.69, 9.17) is 4.74 Å². The molecule has 9 heteroatoms. The van der Waals surface area contributed by atoms with Crippen LogP contribution in [0.25, 0.3) is 0 Å². The Labute approximate surface area is 154 Å². The molecule has 0 radical (unpaired) electrons. The highest BCUT2D eigenvalue weighted by Crippen LogP contribution is 2.25. The molecule has 0 fully saturated rings. The Hall–Kier alpha value is -1.97. The number of nitrogens with zero attached hydrogens (tertiary/aromatic N) is 4. The molecule has 0 aromatic carbocycles. The van der Waals surface area contributed by atoms with Gasteiger partial charge in [-0.3, -0.25) is 9.58 Å². The molecule has 0 spiro atoms. The van der Waals surface area contributed by atoms with Crippen LogP contribution in [0, 0.1) is 0 Å². The normalized spacial score (nSPS) is 17.8. The van der Waals surface area contributed by atoms with Crippen LogP contribution in [0.15, 0.2) is 30.6 Å². The molecule has 1 aliphatic rings. The van der Waals surface area contributed by atoms with Crippen molar-refractivity contribution < 1.29 is 13.2 Å². The maximum absolute atomic E-state index is 11.6. The number of aromatic nitrogens is 3. The van der Waals surface area contributed by atoms with Crippen molar-refractivity contribution in [3.05, 3.63) is 41.9 Å². The maximum Gasteiger partial charge on any atom is 0.217 e. The van der Waals surface area contributed by atoms with Gasteiger partial charge in [-0.1, -0.05) is 6.07 Å². The molecule has 2 aromatic heterocycles. The van der Waals surface area contributed by atoms with E-state index in [2.05, 4.69) is 19.7 Å². The van der Waals surface area contributed by atoms with Gasteiger partial charge in [-0.15, -0.1) is 0 Å². The van der Waals surface area contributed by atoms with Gasteiger partial charge in [-0.2, -0.15) is 5.10 Å². The number of ether oxygens (including phenoxy) is 1. The molecule has 3 heterocycles. The van der Waals surface area contributed by atoms with Crippen LogP contribution in [0.2, 0.25) is 0 Å². The van der Waals surface area contributed by atoms with Gasteiger partial charge in [-0.05, 0) is 25.5 Å². The fraction of sp³-hybridized carbons (Fsp3) is 0.529. The van der Waals surface area contributed by atoms with Gasteiger partial charge in [0.2, 0.25) is 15.9 Å². The van der Waals surface area contributed by atoms with Crippen molar-refractivity contribution in [1.82, 2.24) is 24.4 Å². The molecule has 0 saturated carbocycles. The highest BCUT2D eigenvalue weighted by Gasteiger charge is 2.26. The van der Waals surface area contributed by atoms with Gasteiger partial charge in [0.05, 0.1) is 24.6 Å². The van der Waals surface area contributed by atoms with E-state index in [9.17, 15) is 8.42 Å². The van der Waals surface area contributed by atoms with Crippen molar-refractivity contribution in [2.24, 2.45) is 0 Å². The lowest BCUT2D eigenvalue weighted by molar-refractivity contribution is 0.160. The van der Waals surface area contributed by atoms with Gasteiger partial charge in [0.25, 0.3) is 0 Å². The molecule has 0 saturated heterocycles. The quantitative estimate of drug-likeness (QED) is 0.741. The van der Waals surface area contributed by atoms with Crippen LogP contribution >= 0.6 is 0 Å². The summed E-state index contributed by atoms with van der Waals surface area (Å²) in [5.74, 6) is 0.733. The molecule has 0 amide bonds. The van der Waals surface area contributed by atoms with Crippen LogP contribution in [-0.4, -0.2) is 54.0 Å². The lowest BCUT2D eigenvalue weighted by atomic mass is 10.1. The maximum atomic E-state index is 11.6. The number of sulfonamides is 1. The summed E-state index contributed by atoms with van der Waals surface area (Å²) in [7, 11) is -1.55. The average Bonchev–Trinajstić information content (AvgIpc) is 3.11. The van der Waals surface area contributed by atoms with Crippen LogP contribution in [0.1, 0.15) is 30.6 Å². The third-order valence-electron chi connectivity index (χ3n) is 4.57. The van der Waals surface area contributed by atoms with Crippen LogP contribution in [-0.2, 0) is 23.1 Å². The largest absolute Gasteiger partial charge is 0.481 e. The molecule has 8 nitrogen and oxygen atoms in total. The highest BCUT2D eigenvalue weighted by atomic mass is 32.2. The van der Waals surface area contributed by atoms with Gasteiger partial charge in [0.1, 0.15) is 0 Å². The second-order valence-electron chi connectivity index (χ2n) is 6.35. The second-order valence-corrected chi connectivity index (χ2v) is 8.44. The van der Waals surface area contributed by atoms with Gasteiger partial charge >= 0.3 is 0 Å². The molecule has 26 heavy (non-hydrogen) atoms. The summed E-state index contributed by atoms with van der Waals surface area (Å²) in [5, 5.41) is 4.42. The Kier molecular flexibility index (Phi) is 5.90. The number of methoxy groups -OCH3 is 1. The van der Waals surface area contributed by atoms with Crippen LogP contribution in [0.5, 0.6) is 5.88 Å².